The third kappa shape index (κ3) is 7.84. The molecule has 0 fully saturated rings. The van der Waals surface area contributed by atoms with Crippen molar-refractivity contribution in [2.75, 3.05) is 39.6 Å². The normalized spacial score (nSPS) is 11.5. The summed E-state index contributed by atoms with van der Waals surface area (Å²) in [7, 11) is 0. The van der Waals surface area contributed by atoms with Crippen molar-refractivity contribution < 1.29 is 19.7 Å². The van der Waals surface area contributed by atoms with Crippen LogP contribution in [0.4, 0.5) is 0 Å². The summed E-state index contributed by atoms with van der Waals surface area (Å²) < 4.78 is 16.2. The summed E-state index contributed by atoms with van der Waals surface area (Å²) in [4.78, 5) is 0. The third-order valence-electron chi connectivity index (χ3n) is 0.835. The van der Waals surface area contributed by atoms with Crippen molar-refractivity contribution in [1.29, 1.82) is 1.43 Å². The molecule has 0 aliphatic carbocycles. The molecular formula is C6H14O4. The van der Waals surface area contributed by atoms with Crippen LogP contribution in [0.1, 0.15) is 0 Å². The fourth-order valence-electron chi connectivity index (χ4n) is 0.445. The summed E-state index contributed by atoms with van der Waals surface area (Å²) in [5, 5.41) is 12.3. The zero-order valence-corrected chi connectivity index (χ0v) is 5.91. The Balaban J connectivity index is 2.69. The summed E-state index contributed by atoms with van der Waals surface area (Å²) >= 11 is 0. The molecule has 0 atom stereocenters. The van der Waals surface area contributed by atoms with E-state index in [2.05, 4.69) is 5.11 Å². The molecule has 0 aliphatic heterocycles. The van der Waals surface area contributed by atoms with Crippen LogP contribution in [0.5, 0.6) is 0 Å². The van der Waals surface area contributed by atoms with Gasteiger partial charge in [0.25, 0.3) is 0 Å². The molecular weight excluding hydrogens is 136 g/mol. The van der Waals surface area contributed by atoms with E-state index in [4.69, 9.17) is 16.0 Å². The van der Waals surface area contributed by atoms with Gasteiger partial charge in [0.2, 0.25) is 1.43 Å². The maximum Gasteiger partial charge on any atom is 0.210 e. The minimum atomic E-state index is 0.0375. The van der Waals surface area contributed by atoms with Gasteiger partial charge in [0, 0.05) is 0 Å². The monoisotopic (exact) mass is 151 g/mol. The number of hydrogen-bond acceptors (Lipinski definition) is 4. The van der Waals surface area contributed by atoms with E-state index in [1.54, 1.807) is 0 Å². The van der Waals surface area contributed by atoms with Crippen LogP contribution in [0, 0.1) is 0 Å². The molecule has 2 N–H and O–H groups in total. The topological polar surface area (TPSA) is 58.9 Å². The van der Waals surface area contributed by atoms with E-state index in [1.807, 2.05) is 0 Å². The Bertz CT molecular complexity index is 63.6. The van der Waals surface area contributed by atoms with Crippen LogP contribution in [0.25, 0.3) is 0 Å². The highest BCUT2D eigenvalue weighted by molar-refractivity contribution is 4.30. The standard InChI is InChI=1S/C6H14O4/c7-1-3-9-5-6-10-4-2-8/h7-8H,1-6H2/i7D. The molecule has 0 spiro atoms. The van der Waals surface area contributed by atoms with Crippen molar-refractivity contribution in [3.8, 4) is 0 Å². The van der Waals surface area contributed by atoms with Gasteiger partial charge < -0.3 is 19.7 Å². The van der Waals surface area contributed by atoms with E-state index in [0.717, 1.165) is 0 Å². The van der Waals surface area contributed by atoms with Gasteiger partial charge in [-0.2, -0.15) is 0 Å². The molecule has 4 heteroatoms. The Kier molecular flexibility index (Phi) is 7.02. The molecule has 0 aliphatic rings. The van der Waals surface area contributed by atoms with Crippen LogP contribution in [0.2, 0.25) is 0 Å². The van der Waals surface area contributed by atoms with E-state index in [1.165, 1.54) is 0 Å². The number of aliphatic hydroxyl groups excluding tert-OH is 2. The maximum absolute atomic E-state index is 8.30. The van der Waals surface area contributed by atoms with Gasteiger partial charge >= 0.3 is 0 Å². The Hall–Kier alpha value is -0.160. The summed E-state index contributed by atoms with van der Waals surface area (Å²) in [5.41, 5.74) is 0. The lowest BCUT2D eigenvalue weighted by Crippen LogP contribution is -2.09. The number of hydrogen-bond donors (Lipinski definition) is 2. The van der Waals surface area contributed by atoms with Crippen molar-refractivity contribution in [2.45, 2.75) is 0 Å². The van der Waals surface area contributed by atoms with Gasteiger partial charge in [-0.3, -0.25) is 0 Å². The fraction of sp³-hybridized carbons (Fsp3) is 1.00. The predicted octanol–water partition coefficient (Wildman–Crippen LogP) is -0.996. The zero-order chi connectivity index (χ0) is 8.36. The van der Waals surface area contributed by atoms with E-state index in [9.17, 15) is 0 Å². The van der Waals surface area contributed by atoms with Crippen LogP contribution in [-0.4, -0.2) is 51.3 Å². The predicted molar refractivity (Wildman–Crippen MR) is 35.8 cm³/mol. The van der Waals surface area contributed by atoms with Crippen molar-refractivity contribution >= 4 is 0 Å². The molecule has 0 aromatic carbocycles. The van der Waals surface area contributed by atoms with Crippen LogP contribution in [-0.2, 0) is 9.47 Å². The molecule has 0 rings (SSSR count). The summed E-state index contributed by atoms with van der Waals surface area (Å²) in [6.07, 6.45) is 0. The first-order chi connectivity index (χ1) is 5.41. The molecule has 0 unspecified atom stereocenters. The van der Waals surface area contributed by atoms with Gasteiger partial charge in [0.1, 0.15) is 0 Å². The lowest BCUT2D eigenvalue weighted by atomic mass is 10.7. The lowest BCUT2D eigenvalue weighted by Gasteiger charge is -2.01. The van der Waals surface area contributed by atoms with Crippen LogP contribution in [0.3, 0.4) is 0 Å². The average molecular weight is 151 g/mol. The Morgan fingerprint density at radius 3 is 2.10 bits per heavy atom. The van der Waals surface area contributed by atoms with E-state index >= 15 is 0 Å². The maximum atomic E-state index is 8.30. The average Bonchev–Trinajstić information content (AvgIpc) is 2.03. The number of aliphatic hydroxyl groups is 2. The van der Waals surface area contributed by atoms with Gasteiger partial charge in [-0.25, -0.2) is 0 Å². The molecule has 0 saturated carbocycles. The van der Waals surface area contributed by atoms with Gasteiger partial charge in [0.05, 0.1) is 39.6 Å². The van der Waals surface area contributed by atoms with E-state index in [0.29, 0.717) is 26.4 Å². The largest absolute Gasteiger partial charge is 0.394 e. The van der Waals surface area contributed by atoms with Gasteiger partial charge in [-0.05, 0) is 0 Å². The molecule has 0 radical (unpaired) electrons. The number of rotatable bonds is 8. The minimum Gasteiger partial charge on any atom is -0.394 e. The highest BCUT2D eigenvalue weighted by atomic mass is 16.5. The Morgan fingerprint density at radius 2 is 1.60 bits per heavy atom. The van der Waals surface area contributed by atoms with Crippen LogP contribution in [0.15, 0.2) is 0 Å². The SMILES string of the molecule is [2H]OCCOCCOCCO. The van der Waals surface area contributed by atoms with Crippen LogP contribution < -0.4 is 0 Å². The molecule has 0 bridgehead atoms. The summed E-state index contributed by atoms with van der Waals surface area (Å²) in [5.74, 6) is 0. The molecule has 0 aromatic rings. The van der Waals surface area contributed by atoms with Crippen molar-refractivity contribution in [2.24, 2.45) is 0 Å². The molecule has 0 heterocycles. The van der Waals surface area contributed by atoms with Gasteiger partial charge in [0.15, 0.2) is 0 Å². The molecule has 0 aromatic heterocycles. The first-order valence-electron chi connectivity index (χ1n) is 3.67. The summed E-state index contributed by atoms with van der Waals surface area (Å²) in [6, 6.07) is 0. The van der Waals surface area contributed by atoms with Gasteiger partial charge in [-0.15, -0.1) is 0 Å². The first-order valence-corrected chi connectivity index (χ1v) is 3.26. The first kappa shape index (κ1) is 7.94. The second-order valence-corrected chi connectivity index (χ2v) is 1.65. The Labute approximate surface area is 61.9 Å². The van der Waals surface area contributed by atoms with E-state index in [-0.39, 0.29) is 13.2 Å². The molecule has 10 heavy (non-hydrogen) atoms. The fourth-order valence-corrected chi connectivity index (χ4v) is 0.445. The second kappa shape index (κ2) is 8.84. The molecule has 0 saturated heterocycles. The van der Waals surface area contributed by atoms with Crippen molar-refractivity contribution in [1.82, 2.24) is 0 Å². The van der Waals surface area contributed by atoms with Gasteiger partial charge in [-0.1, -0.05) is 0 Å². The second-order valence-electron chi connectivity index (χ2n) is 1.65. The Morgan fingerprint density at radius 1 is 1.00 bits per heavy atom. The minimum absolute atomic E-state index is 0.0375. The van der Waals surface area contributed by atoms with E-state index < -0.39 is 0 Å². The molecule has 62 valence electrons. The van der Waals surface area contributed by atoms with Crippen molar-refractivity contribution in [3.63, 3.8) is 0 Å². The smallest absolute Gasteiger partial charge is 0.210 e. The molecule has 0 amide bonds. The summed E-state index contributed by atoms with van der Waals surface area (Å²) in [6.45, 7) is 2.02. The quantitative estimate of drug-likeness (QED) is 0.437. The molecule has 4 nitrogen and oxygen atoms in total. The highest BCUT2D eigenvalue weighted by Gasteiger charge is 1.86. The van der Waals surface area contributed by atoms with Crippen molar-refractivity contribution in [3.05, 3.63) is 0 Å². The highest BCUT2D eigenvalue weighted by Crippen LogP contribution is 1.76. The third-order valence-corrected chi connectivity index (χ3v) is 0.835. The number of ether oxygens (including phenoxy) is 2. The lowest BCUT2D eigenvalue weighted by molar-refractivity contribution is 0.0222. The zero-order valence-electron chi connectivity index (χ0n) is 6.91. The van der Waals surface area contributed by atoms with Crippen LogP contribution >= 0.6 is 0 Å².